The Kier molecular flexibility index (Phi) is 2.67. The molecule has 0 bridgehead atoms. The number of nitrogens with one attached hydrogen (secondary N) is 1. The van der Waals surface area contributed by atoms with Gasteiger partial charge in [0.1, 0.15) is 5.00 Å². The third-order valence-electron chi connectivity index (χ3n) is 0.757. The van der Waals surface area contributed by atoms with E-state index in [1.165, 1.54) is 11.3 Å². The van der Waals surface area contributed by atoms with Gasteiger partial charge in [-0.1, -0.05) is 11.6 Å². The Hall–Kier alpha value is -0.100. The molecule has 1 aromatic heterocycles. The highest BCUT2D eigenvalue weighted by Crippen LogP contribution is 2.25. The van der Waals surface area contributed by atoms with E-state index in [9.17, 15) is 8.76 Å². The van der Waals surface area contributed by atoms with Gasteiger partial charge in [0.15, 0.2) is 0 Å². The molecule has 0 aliphatic heterocycles. The topological polar surface area (TPSA) is 52.2 Å². The SMILES string of the molecule is O=S([O-])Nc1ccc(Cl)s1. The fourth-order valence-corrected chi connectivity index (χ4v) is 1.85. The molecule has 1 atom stereocenters. The third-order valence-corrected chi connectivity index (χ3v) is 2.42. The normalized spacial score (nSPS) is 13.0. The van der Waals surface area contributed by atoms with Gasteiger partial charge < -0.3 is 9.27 Å². The first-order valence-electron chi connectivity index (χ1n) is 2.30. The molecule has 0 amide bonds. The number of anilines is 1. The molecule has 0 radical (unpaired) electrons. The van der Waals surface area contributed by atoms with Crippen LogP contribution < -0.4 is 4.72 Å². The maximum absolute atomic E-state index is 10.0. The molecule has 0 spiro atoms. The smallest absolute Gasteiger partial charge is 0.101 e. The van der Waals surface area contributed by atoms with E-state index in [0.29, 0.717) is 9.34 Å². The quantitative estimate of drug-likeness (QED) is 0.731. The predicted molar refractivity (Wildman–Crippen MR) is 41.9 cm³/mol. The first-order chi connectivity index (χ1) is 4.68. The first-order valence-corrected chi connectivity index (χ1v) is 4.56. The van der Waals surface area contributed by atoms with Crippen molar-refractivity contribution in [3.8, 4) is 0 Å². The van der Waals surface area contributed by atoms with E-state index in [1.807, 2.05) is 0 Å². The molecule has 0 aliphatic carbocycles. The number of halogens is 1. The third kappa shape index (κ3) is 2.26. The van der Waals surface area contributed by atoms with E-state index in [4.69, 9.17) is 11.6 Å². The zero-order valence-corrected chi connectivity index (χ0v) is 7.05. The molecule has 3 nitrogen and oxygen atoms in total. The molecule has 56 valence electrons. The summed E-state index contributed by atoms with van der Waals surface area (Å²) in [5.41, 5.74) is 0. The van der Waals surface area contributed by atoms with Crippen molar-refractivity contribution in [1.29, 1.82) is 0 Å². The Morgan fingerprint density at radius 3 is 2.80 bits per heavy atom. The fourth-order valence-electron chi connectivity index (χ4n) is 0.451. The summed E-state index contributed by atoms with van der Waals surface area (Å²) >= 11 is 4.45. The molecular weight excluding hydrogens is 194 g/mol. The summed E-state index contributed by atoms with van der Waals surface area (Å²) in [5, 5.41) is 0.526. The number of hydrogen-bond donors (Lipinski definition) is 1. The van der Waals surface area contributed by atoms with E-state index in [2.05, 4.69) is 4.72 Å². The van der Waals surface area contributed by atoms with E-state index >= 15 is 0 Å². The molecule has 0 fully saturated rings. The molecule has 1 heterocycles. The standard InChI is InChI=1S/C4H4ClNO2S2/c5-3-1-2-4(9-3)6-10(7)8/h1-2,6H,(H,7,8)/p-1. The van der Waals surface area contributed by atoms with E-state index < -0.39 is 11.3 Å². The zero-order chi connectivity index (χ0) is 7.56. The van der Waals surface area contributed by atoms with Crippen LogP contribution in [-0.4, -0.2) is 8.76 Å². The molecule has 0 aromatic carbocycles. The van der Waals surface area contributed by atoms with Gasteiger partial charge in [-0.25, -0.2) is 0 Å². The summed E-state index contributed by atoms with van der Waals surface area (Å²) < 4.78 is 22.8. The molecule has 1 unspecified atom stereocenters. The predicted octanol–water partition coefficient (Wildman–Crippen LogP) is 1.61. The lowest BCUT2D eigenvalue weighted by Gasteiger charge is -2.03. The van der Waals surface area contributed by atoms with E-state index in [-0.39, 0.29) is 0 Å². The molecule has 0 saturated heterocycles. The van der Waals surface area contributed by atoms with Crippen molar-refractivity contribution in [1.82, 2.24) is 0 Å². The van der Waals surface area contributed by atoms with Gasteiger partial charge in [0.2, 0.25) is 0 Å². The first kappa shape index (κ1) is 8.00. The Balaban J connectivity index is 2.67. The van der Waals surface area contributed by atoms with Crippen LogP contribution in [0.3, 0.4) is 0 Å². The lowest BCUT2D eigenvalue weighted by atomic mass is 10.6. The van der Waals surface area contributed by atoms with Crippen LogP contribution in [0, 0.1) is 0 Å². The monoisotopic (exact) mass is 196 g/mol. The highest BCUT2D eigenvalue weighted by atomic mass is 35.5. The molecule has 0 aliphatic rings. The maximum atomic E-state index is 10.0. The molecule has 1 rings (SSSR count). The lowest BCUT2D eigenvalue weighted by molar-refractivity contribution is 0.543. The van der Waals surface area contributed by atoms with E-state index in [0.717, 1.165) is 0 Å². The molecular formula is C4H3ClNO2S2-. The van der Waals surface area contributed by atoms with Crippen LogP contribution in [0.4, 0.5) is 5.00 Å². The number of thiophene rings is 1. The van der Waals surface area contributed by atoms with Gasteiger partial charge in [-0.2, -0.15) is 0 Å². The minimum Gasteiger partial charge on any atom is -0.755 e. The Labute approximate surface area is 69.4 Å². The average molecular weight is 197 g/mol. The van der Waals surface area contributed by atoms with Crippen molar-refractivity contribution < 1.29 is 8.76 Å². The molecule has 0 saturated carbocycles. The van der Waals surface area contributed by atoms with Crippen LogP contribution in [0.25, 0.3) is 0 Å². The molecule has 1 N–H and O–H groups in total. The second-order valence-corrected chi connectivity index (χ2v) is 3.83. The molecule has 10 heavy (non-hydrogen) atoms. The molecule has 1 aromatic rings. The van der Waals surface area contributed by atoms with Crippen molar-refractivity contribution in [3.63, 3.8) is 0 Å². The second kappa shape index (κ2) is 3.34. The number of hydrogen-bond acceptors (Lipinski definition) is 3. The van der Waals surface area contributed by atoms with Crippen LogP contribution in [0.2, 0.25) is 4.34 Å². The summed E-state index contributed by atoms with van der Waals surface area (Å²) in [5.74, 6) is 0. The maximum Gasteiger partial charge on any atom is 0.101 e. The van der Waals surface area contributed by atoms with Crippen molar-refractivity contribution in [2.75, 3.05) is 4.72 Å². The Bertz CT molecular complexity index is 249. The highest BCUT2D eigenvalue weighted by Gasteiger charge is 1.94. The summed E-state index contributed by atoms with van der Waals surface area (Å²) in [6.45, 7) is 0. The van der Waals surface area contributed by atoms with Gasteiger partial charge in [-0.3, -0.25) is 4.21 Å². The Morgan fingerprint density at radius 1 is 1.70 bits per heavy atom. The van der Waals surface area contributed by atoms with Crippen molar-refractivity contribution >= 4 is 39.2 Å². The van der Waals surface area contributed by atoms with Gasteiger partial charge in [-0.15, -0.1) is 11.3 Å². The fraction of sp³-hybridized carbons (Fsp3) is 0. The van der Waals surface area contributed by atoms with Gasteiger partial charge in [0, 0.05) is 11.3 Å². The van der Waals surface area contributed by atoms with Crippen molar-refractivity contribution in [2.24, 2.45) is 0 Å². The summed E-state index contributed by atoms with van der Waals surface area (Å²) in [4.78, 5) is 0. The number of rotatable bonds is 2. The van der Waals surface area contributed by atoms with Gasteiger partial charge in [-0.05, 0) is 12.1 Å². The van der Waals surface area contributed by atoms with Crippen LogP contribution >= 0.6 is 22.9 Å². The average Bonchev–Trinajstić information content (AvgIpc) is 2.13. The highest BCUT2D eigenvalue weighted by molar-refractivity contribution is 7.80. The summed E-state index contributed by atoms with van der Waals surface area (Å²) in [6, 6.07) is 3.23. The van der Waals surface area contributed by atoms with E-state index in [1.54, 1.807) is 12.1 Å². The summed E-state index contributed by atoms with van der Waals surface area (Å²) in [7, 11) is 0. The lowest BCUT2D eigenvalue weighted by Crippen LogP contribution is -1.99. The van der Waals surface area contributed by atoms with Crippen LogP contribution in [0.15, 0.2) is 12.1 Å². The van der Waals surface area contributed by atoms with Crippen molar-refractivity contribution in [2.45, 2.75) is 0 Å². The van der Waals surface area contributed by atoms with Gasteiger partial charge in [0.05, 0.1) is 4.34 Å². The minimum absolute atomic E-state index is 0.526. The van der Waals surface area contributed by atoms with Gasteiger partial charge >= 0.3 is 0 Å². The summed E-state index contributed by atoms with van der Waals surface area (Å²) in [6.07, 6.45) is 0. The van der Waals surface area contributed by atoms with Gasteiger partial charge in [0.25, 0.3) is 0 Å². The Morgan fingerprint density at radius 2 is 2.40 bits per heavy atom. The largest absolute Gasteiger partial charge is 0.755 e. The minimum atomic E-state index is -2.25. The van der Waals surface area contributed by atoms with Crippen LogP contribution in [0.1, 0.15) is 0 Å². The van der Waals surface area contributed by atoms with Crippen LogP contribution in [-0.2, 0) is 11.3 Å². The second-order valence-electron chi connectivity index (χ2n) is 1.44. The van der Waals surface area contributed by atoms with Crippen molar-refractivity contribution in [3.05, 3.63) is 16.5 Å². The van der Waals surface area contributed by atoms with Crippen LogP contribution in [0.5, 0.6) is 0 Å². The molecule has 6 heteroatoms. The zero-order valence-electron chi connectivity index (χ0n) is 4.67.